The van der Waals surface area contributed by atoms with Crippen molar-refractivity contribution in [2.45, 2.75) is 40.3 Å². The zero-order valence-electron chi connectivity index (χ0n) is 15.6. The van der Waals surface area contributed by atoms with Gasteiger partial charge in [-0.1, -0.05) is 17.7 Å². The van der Waals surface area contributed by atoms with Crippen molar-refractivity contribution in [3.8, 4) is 5.75 Å². The van der Waals surface area contributed by atoms with Crippen LogP contribution in [0, 0.1) is 13.8 Å². The Hall–Kier alpha value is -1.49. The third-order valence-electron chi connectivity index (χ3n) is 3.48. The molecule has 2 rings (SSSR count). The van der Waals surface area contributed by atoms with Crippen molar-refractivity contribution < 1.29 is 13.5 Å². The molecule has 0 saturated carbocycles. The van der Waals surface area contributed by atoms with Crippen molar-refractivity contribution in [2.24, 2.45) is 4.99 Å². The van der Waals surface area contributed by atoms with Crippen LogP contribution in [0.2, 0.25) is 0 Å². The normalized spacial score (nSPS) is 11.3. The number of aliphatic imine (C=N–C) groups is 1. The highest BCUT2D eigenvalue weighted by Crippen LogP contribution is 2.22. The number of aryl methyl sites for hydroxylation is 2. The van der Waals surface area contributed by atoms with Crippen LogP contribution in [0.4, 0.5) is 8.78 Å². The summed E-state index contributed by atoms with van der Waals surface area (Å²) in [6.45, 7) is 4.69. The predicted octanol–water partition coefficient (Wildman–Crippen LogP) is 4.28. The van der Waals surface area contributed by atoms with Gasteiger partial charge >= 0.3 is 6.61 Å². The number of aromatic nitrogens is 1. The van der Waals surface area contributed by atoms with Crippen molar-refractivity contribution in [3.05, 3.63) is 45.4 Å². The van der Waals surface area contributed by atoms with E-state index in [1.54, 1.807) is 23.5 Å². The summed E-state index contributed by atoms with van der Waals surface area (Å²) in [5.41, 5.74) is 1.59. The fourth-order valence-electron chi connectivity index (χ4n) is 2.35. The molecule has 0 aliphatic carbocycles. The molecule has 9 heteroatoms. The van der Waals surface area contributed by atoms with E-state index >= 15 is 0 Å². The first-order chi connectivity index (χ1) is 12.5. The number of guanidine groups is 1. The Morgan fingerprint density at radius 1 is 1.30 bits per heavy atom. The molecule has 150 valence electrons. The van der Waals surface area contributed by atoms with Crippen molar-refractivity contribution in [1.82, 2.24) is 15.6 Å². The molecular weight excluding hydrogens is 485 g/mol. The highest BCUT2D eigenvalue weighted by molar-refractivity contribution is 14.0. The van der Waals surface area contributed by atoms with Gasteiger partial charge < -0.3 is 15.4 Å². The number of nitrogens with one attached hydrogen (secondary N) is 2. The highest BCUT2D eigenvalue weighted by Gasteiger charge is 2.10. The summed E-state index contributed by atoms with van der Waals surface area (Å²) < 4.78 is 29.7. The predicted molar refractivity (Wildman–Crippen MR) is 117 cm³/mol. The van der Waals surface area contributed by atoms with E-state index in [9.17, 15) is 8.78 Å². The Morgan fingerprint density at radius 3 is 2.70 bits per heavy atom. The number of benzene rings is 1. The third kappa shape index (κ3) is 8.37. The molecular formula is C18H25F2IN4OS. The summed E-state index contributed by atoms with van der Waals surface area (Å²) in [5.74, 6) is 0.786. The Kier molecular flexibility index (Phi) is 10.5. The van der Waals surface area contributed by atoms with E-state index in [0.717, 1.165) is 17.0 Å². The minimum atomic E-state index is -2.85. The number of nitrogens with zero attached hydrogens (tertiary/aromatic N) is 2. The van der Waals surface area contributed by atoms with Crippen LogP contribution in [-0.4, -0.2) is 30.6 Å². The van der Waals surface area contributed by atoms with E-state index in [-0.39, 0.29) is 36.3 Å². The molecule has 0 aliphatic rings. The van der Waals surface area contributed by atoms with Gasteiger partial charge in [-0.3, -0.25) is 0 Å². The number of ether oxygens (including phenoxy) is 1. The maximum absolute atomic E-state index is 12.6. The molecule has 0 saturated heterocycles. The topological polar surface area (TPSA) is 58.5 Å². The minimum absolute atomic E-state index is 0. The van der Waals surface area contributed by atoms with Crippen LogP contribution in [0.1, 0.15) is 27.9 Å². The van der Waals surface area contributed by atoms with Crippen LogP contribution in [-0.2, 0) is 13.0 Å². The molecule has 0 amide bonds. The van der Waals surface area contributed by atoms with Crippen LogP contribution in [0.25, 0.3) is 0 Å². The number of alkyl halides is 2. The van der Waals surface area contributed by atoms with Crippen molar-refractivity contribution in [2.75, 3.05) is 13.1 Å². The maximum Gasteiger partial charge on any atom is 0.387 e. The van der Waals surface area contributed by atoms with Gasteiger partial charge in [-0.2, -0.15) is 8.78 Å². The Labute approximate surface area is 179 Å². The SMILES string of the molecule is CCNC(=NCc1cc(C)ccc1OC(F)F)NCCc1ncc(C)s1.I. The van der Waals surface area contributed by atoms with Gasteiger partial charge in [0, 0.05) is 36.1 Å². The Balaban J connectivity index is 0.00000364. The van der Waals surface area contributed by atoms with Gasteiger partial charge in [0.25, 0.3) is 0 Å². The van der Waals surface area contributed by atoms with E-state index in [2.05, 4.69) is 25.3 Å². The van der Waals surface area contributed by atoms with Crippen LogP contribution in [0.15, 0.2) is 29.4 Å². The summed E-state index contributed by atoms with van der Waals surface area (Å²) in [6.07, 6.45) is 2.66. The molecule has 0 bridgehead atoms. The monoisotopic (exact) mass is 510 g/mol. The zero-order valence-corrected chi connectivity index (χ0v) is 18.7. The Morgan fingerprint density at radius 2 is 2.07 bits per heavy atom. The molecule has 2 N–H and O–H groups in total. The van der Waals surface area contributed by atoms with Crippen molar-refractivity contribution in [1.29, 1.82) is 0 Å². The number of hydrogen-bond donors (Lipinski definition) is 2. The van der Waals surface area contributed by atoms with Crippen LogP contribution >= 0.6 is 35.3 Å². The van der Waals surface area contributed by atoms with E-state index in [1.165, 1.54) is 4.88 Å². The molecule has 1 aromatic heterocycles. The molecule has 0 atom stereocenters. The van der Waals surface area contributed by atoms with E-state index in [0.29, 0.717) is 24.6 Å². The molecule has 0 aliphatic heterocycles. The molecule has 1 heterocycles. The summed E-state index contributed by atoms with van der Waals surface area (Å²) in [4.78, 5) is 10.0. The lowest BCUT2D eigenvalue weighted by Crippen LogP contribution is -2.38. The van der Waals surface area contributed by atoms with E-state index in [4.69, 9.17) is 0 Å². The first kappa shape index (κ1) is 23.5. The second-order valence-corrected chi connectivity index (χ2v) is 7.05. The average molecular weight is 510 g/mol. The minimum Gasteiger partial charge on any atom is -0.434 e. The van der Waals surface area contributed by atoms with Crippen molar-refractivity contribution in [3.63, 3.8) is 0 Å². The van der Waals surface area contributed by atoms with Crippen LogP contribution in [0.3, 0.4) is 0 Å². The van der Waals surface area contributed by atoms with Crippen LogP contribution < -0.4 is 15.4 Å². The van der Waals surface area contributed by atoms with E-state index in [1.807, 2.05) is 33.0 Å². The average Bonchev–Trinajstić information content (AvgIpc) is 2.99. The zero-order chi connectivity index (χ0) is 18.9. The first-order valence-corrected chi connectivity index (χ1v) is 9.27. The van der Waals surface area contributed by atoms with Crippen LogP contribution in [0.5, 0.6) is 5.75 Å². The summed E-state index contributed by atoms with van der Waals surface area (Å²) in [7, 11) is 0. The number of halogens is 3. The largest absolute Gasteiger partial charge is 0.434 e. The molecule has 0 unspecified atom stereocenters. The second-order valence-electron chi connectivity index (χ2n) is 5.73. The lowest BCUT2D eigenvalue weighted by molar-refractivity contribution is -0.0504. The molecule has 0 fully saturated rings. The van der Waals surface area contributed by atoms with E-state index < -0.39 is 6.61 Å². The number of rotatable bonds is 8. The molecule has 2 aromatic rings. The standard InChI is InChI=1S/C18H24F2N4OS.HI/c1-4-21-18(22-8-7-16-23-10-13(3)26-16)24-11-14-9-12(2)5-6-15(14)25-17(19)20;/h5-6,9-10,17H,4,7-8,11H2,1-3H3,(H2,21,22,24);1H. The molecule has 5 nitrogen and oxygen atoms in total. The third-order valence-corrected chi connectivity index (χ3v) is 4.46. The fourth-order valence-corrected chi connectivity index (χ4v) is 3.14. The summed E-state index contributed by atoms with van der Waals surface area (Å²) in [6, 6.07) is 5.10. The van der Waals surface area contributed by atoms with Gasteiger partial charge in [-0.25, -0.2) is 9.98 Å². The smallest absolute Gasteiger partial charge is 0.387 e. The lowest BCUT2D eigenvalue weighted by Gasteiger charge is -2.13. The maximum atomic E-state index is 12.6. The molecule has 0 spiro atoms. The van der Waals surface area contributed by atoms with Gasteiger partial charge in [0.15, 0.2) is 5.96 Å². The summed E-state index contributed by atoms with van der Waals surface area (Å²) >= 11 is 1.67. The summed E-state index contributed by atoms with van der Waals surface area (Å²) in [5, 5.41) is 7.46. The molecule has 0 radical (unpaired) electrons. The fraction of sp³-hybridized carbons (Fsp3) is 0.444. The highest BCUT2D eigenvalue weighted by atomic mass is 127. The van der Waals surface area contributed by atoms with Gasteiger partial charge in [0.1, 0.15) is 5.75 Å². The second kappa shape index (κ2) is 12.1. The number of thiazole rings is 1. The van der Waals surface area contributed by atoms with Gasteiger partial charge in [0.2, 0.25) is 0 Å². The number of hydrogen-bond acceptors (Lipinski definition) is 4. The quantitative estimate of drug-likeness (QED) is 0.317. The van der Waals surface area contributed by atoms with Gasteiger partial charge in [0.05, 0.1) is 11.6 Å². The molecule has 1 aromatic carbocycles. The molecule has 27 heavy (non-hydrogen) atoms. The van der Waals surface area contributed by atoms with Crippen molar-refractivity contribution >= 4 is 41.3 Å². The first-order valence-electron chi connectivity index (χ1n) is 8.45. The van der Waals surface area contributed by atoms with Gasteiger partial charge in [-0.05, 0) is 26.8 Å². The van der Waals surface area contributed by atoms with Gasteiger partial charge in [-0.15, -0.1) is 35.3 Å². The Bertz CT molecular complexity index is 740. The lowest BCUT2D eigenvalue weighted by atomic mass is 10.1.